The van der Waals surface area contributed by atoms with Crippen molar-refractivity contribution in [1.29, 1.82) is 0 Å². The van der Waals surface area contributed by atoms with E-state index in [1.807, 2.05) is 13.8 Å². The number of carbonyl (C=O) groups is 1. The van der Waals surface area contributed by atoms with Crippen LogP contribution >= 0.6 is 0 Å². The SMILES string of the molecule is CCC(CC)(CN1CCCC(OC)C1)C(=O)O. The van der Waals surface area contributed by atoms with Gasteiger partial charge in [0.2, 0.25) is 0 Å². The molecule has 1 aliphatic heterocycles. The molecule has 0 bridgehead atoms. The average molecular weight is 243 g/mol. The fourth-order valence-electron chi connectivity index (χ4n) is 2.62. The molecule has 100 valence electrons. The van der Waals surface area contributed by atoms with E-state index in [0.717, 1.165) is 25.9 Å². The predicted octanol–water partition coefficient (Wildman–Crippen LogP) is 1.99. The van der Waals surface area contributed by atoms with Gasteiger partial charge in [0.25, 0.3) is 0 Å². The standard InChI is InChI=1S/C13H25NO3/c1-4-13(5-2,12(15)16)10-14-8-6-7-11(9-14)17-3/h11H,4-10H2,1-3H3,(H,15,16). The second-order valence-corrected chi connectivity index (χ2v) is 5.03. The van der Waals surface area contributed by atoms with Crippen molar-refractivity contribution in [2.45, 2.75) is 45.6 Å². The molecule has 17 heavy (non-hydrogen) atoms. The number of rotatable bonds is 6. The van der Waals surface area contributed by atoms with E-state index in [2.05, 4.69) is 4.90 Å². The van der Waals surface area contributed by atoms with Crippen LogP contribution in [-0.4, -0.2) is 48.8 Å². The van der Waals surface area contributed by atoms with Crippen molar-refractivity contribution in [3.05, 3.63) is 0 Å². The van der Waals surface area contributed by atoms with E-state index in [-0.39, 0.29) is 6.10 Å². The lowest BCUT2D eigenvalue weighted by Crippen LogP contribution is -2.47. The number of likely N-dealkylation sites (tertiary alicyclic amines) is 1. The largest absolute Gasteiger partial charge is 0.481 e. The van der Waals surface area contributed by atoms with Gasteiger partial charge in [0.15, 0.2) is 0 Å². The third-order valence-corrected chi connectivity index (χ3v) is 4.13. The molecule has 1 rings (SSSR count). The molecule has 0 spiro atoms. The van der Waals surface area contributed by atoms with Crippen LogP contribution in [0.1, 0.15) is 39.5 Å². The first kappa shape index (κ1) is 14.5. The van der Waals surface area contributed by atoms with Crippen molar-refractivity contribution in [2.24, 2.45) is 5.41 Å². The van der Waals surface area contributed by atoms with Gasteiger partial charge < -0.3 is 9.84 Å². The van der Waals surface area contributed by atoms with E-state index < -0.39 is 11.4 Å². The third-order valence-electron chi connectivity index (χ3n) is 4.13. The number of ether oxygens (including phenoxy) is 1. The van der Waals surface area contributed by atoms with Crippen LogP contribution in [0.3, 0.4) is 0 Å². The Morgan fingerprint density at radius 2 is 2.12 bits per heavy atom. The molecule has 1 heterocycles. The number of carboxylic acid groups (broad SMARTS) is 1. The summed E-state index contributed by atoms with van der Waals surface area (Å²) in [6.07, 6.45) is 3.83. The highest BCUT2D eigenvalue weighted by atomic mass is 16.5. The van der Waals surface area contributed by atoms with Crippen molar-refractivity contribution < 1.29 is 14.6 Å². The molecular weight excluding hydrogens is 218 g/mol. The summed E-state index contributed by atoms with van der Waals surface area (Å²) in [7, 11) is 1.73. The summed E-state index contributed by atoms with van der Waals surface area (Å²) in [5.74, 6) is -0.665. The highest BCUT2D eigenvalue weighted by Crippen LogP contribution is 2.29. The first-order valence-corrected chi connectivity index (χ1v) is 6.56. The summed E-state index contributed by atoms with van der Waals surface area (Å²) in [5.41, 5.74) is -0.588. The Balaban J connectivity index is 2.63. The lowest BCUT2D eigenvalue weighted by molar-refractivity contribution is -0.151. The molecule has 1 unspecified atom stereocenters. The minimum Gasteiger partial charge on any atom is -0.481 e. The molecule has 1 aliphatic rings. The van der Waals surface area contributed by atoms with Crippen LogP contribution < -0.4 is 0 Å². The van der Waals surface area contributed by atoms with E-state index in [0.29, 0.717) is 19.4 Å². The van der Waals surface area contributed by atoms with Crippen LogP contribution in [0, 0.1) is 5.41 Å². The van der Waals surface area contributed by atoms with Gasteiger partial charge in [0.05, 0.1) is 11.5 Å². The molecule has 1 atom stereocenters. The van der Waals surface area contributed by atoms with Gasteiger partial charge in [-0.3, -0.25) is 9.69 Å². The highest BCUT2D eigenvalue weighted by molar-refractivity contribution is 5.74. The zero-order valence-corrected chi connectivity index (χ0v) is 11.2. The van der Waals surface area contributed by atoms with Gasteiger partial charge in [-0.25, -0.2) is 0 Å². The Hall–Kier alpha value is -0.610. The summed E-state index contributed by atoms with van der Waals surface area (Å²) in [6, 6.07) is 0. The van der Waals surface area contributed by atoms with Gasteiger partial charge in [-0.1, -0.05) is 13.8 Å². The quantitative estimate of drug-likeness (QED) is 0.775. The molecule has 1 fully saturated rings. The van der Waals surface area contributed by atoms with Gasteiger partial charge in [-0.2, -0.15) is 0 Å². The predicted molar refractivity (Wildman–Crippen MR) is 67.1 cm³/mol. The van der Waals surface area contributed by atoms with Crippen molar-refractivity contribution in [2.75, 3.05) is 26.7 Å². The summed E-state index contributed by atoms with van der Waals surface area (Å²) < 4.78 is 5.37. The lowest BCUT2D eigenvalue weighted by atomic mass is 9.81. The van der Waals surface area contributed by atoms with E-state index in [9.17, 15) is 9.90 Å². The van der Waals surface area contributed by atoms with Crippen molar-refractivity contribution in [3.8, 4) is 0 Å². The van der Waals surface area contributed by atoms with E-state index in [1.165, 1.54) is 0 Å². The highest BCUT2D eigenvalue weighted by Gasteiger charge is 2.37. The van der Waals surface area contributed by atoms with Crippen molar-refractivity contribution >= 4 is 5.97 Å². The molecule has 4 heteroatoms. The Morgan fingerprint density at radius 1 is 1.47 bits per heavy atom. The van der Waals surface area contributed by atoms with Crippen LogP contribution in [0.15, 0.2) is 0 Å². The molecule has 0 aromatic rings. The van der Waals surface area contributed by atoms with E-state index in [1.54, 1.807) is 7.11 Å². The number of piperidine rings is 1. The molecular formula is C13H25NO3. The number of methoxy groups -OCH3 is 1. The monoisotopic (exact) mass is 243 g/mol. The smallest absolute Gasteiger partial charge is 0.310 e. The first-order chi connectivity index (χ1) is 8.07. The van der Waals surface area contributed by atoms with Gasteiger partial charge >= 0.3 is 5.97 Å². The Bertz CT molecular complexity index is 251. The molecule has 4 nitrogen and oxygen atoms in total. The minimum atomic E-state index is -0.665. The van der Waals surface area contributed by atoms with Gasteiger partial charge in [-0.15, -0.1) is 0 Å². The fraction of sp³-hybridized carbons (Fsp3) is 0.923. The first-order valence-electron chi connectivity index (χ1n) is 6.56. The maximum atomic E-state index is 11.5. The Kier molecular flexibility index (Phi) is 5.40. The summed E-state index contributed by atoms with van der Waals surface area (Å²) in [5, 5.41) is 9.42. The number of aliphatic carboxylic acids is 1. The van der Waals surface area contributed by atoms with Crippen LogP contribution in [0.4, 0.5) is 0 Å². The number of carboxylic acids is 1. The van der Waals surface area contributed by atoms with Gasteiger partial charge in [0.1, 0.15) is 0 Å². The summed E-state index contributed by atoms with van der Waals surface area (Å²) in [6.45, 7) is 6.44. The average Bonchev–Trinajstić information content (AvgIpc) is 2.36. The molecule has 1 saturated heterocycles. The molecule has 0 radical (unpaired) electrons. The van der Waals surface area contributed by atoms with Gasteiger partial charge in [-0.05, 0) is 32.2 Å². The second-order valence-electron chi connectivity index (χ2n) is 5.03. The molecule has 0 aromatic carbocycles. The Labute approximate surface area is 104 Å². The van der Waals surface area contributed by atoms with Crippen molar-refractivity contribution in [3.63, 3.8) is 0 Å². The minimum absolute atomic E-state index is 0.268. The Morgan fingerprint density at radius 3 is 2.59 bits per heavy atom. The number of nitrogens with zero attached hydrogens (tertiary/aromatic N) is 1. The number of hydrogen-bond acceptors (Lipinski definition) is 3. The molecule has 0 aliphatic carbocycles. The van der Waals surface area contributed by atoms with Crippen LogP contribution in [0.2, 0.25) is 0 Å². The zero-order valence-electron chi connectivity index (χ0n) is 11.2. The molecule has 0 amide bonds. The van der Waals surface area contributed by atoms with Crippen LogP contribution in [0.5, 0.6) is 0 Å². The maximum Gasteiger partial charge on any atom is 0.310 e. The lowest BCUT2D eigenvalue weighted by Gasteiger charge is -2.38. The molecule has 0 aromatic heterocycles. The summed E-state index contributed by atoms with van der Waals surface area (Å²) >= 11 is 0. The van der Waals surface area contributed by atoms with Crippen molar-refractivity contribution in [1.82, 2.24) is 4.90 Å². The normalized spacial score (nSPS) is 22.6. The fourth-order valence-corrected chi connectivity index (χ4v) is 2.62. The van der Waals surface area contributed by atoms with Crippen LogP contribution in [-0.2, 0) is 9.53 Å². The summed E-state index contributed by atoms with van der Waals surface area (Å²) in [4.78, 5) is 13.7. The second kappa shape index (κ2) is 6.36. The molecule has 0 saturated carbocycles. The zero-order chi connectivity index (χ0) is 12.9. The topological polar surface area (TPSA) is 49.8 Å². The molecule has 1 N–H and O–H groups in total. The van der Waals surface area contributed by atoms with Gasteiger partial charge in [0, 0.05) is 20.2 Å². The maximum absolute atomic E-state index is 11.5. The van der Waals surface area contributed by atoms with E-state index >= 15 is 0 Å². The van der Waals surface area contributed by atoms with E-state index in [4.69, 9.17) is 4.74 Å². The van der Waals surface area contributed by atoms with Crippen LogP contribution in [0.25, 0.3) is 0 Å². The number of hydrogen-bond donors (Lipinski definition) is 1. The third kappa shape index (κ3) is 3.42.